The van der Waals surface area contributed by atoms with Crippen LogP contribution in [0.1, 0.15) is 32.9 Å². The van der Waals surface area contributed by atoms with Crippen molar-refractivity contribution in [1.29, 1.82) is 0 Å². The number of nitrogens with one attached hydrogen (secondary N) is 1. The lowest BCUT2D eigenvalue weighted by Gasteiger charge is -2.17. The second-order valence-electron chi connectivity index (χ2n) is 5.27. The lowest BCUT2D eigenvalue weighted by atomic mass is 9.92. The van der Waals surface area contributed by atoms with Crippen LogP contribution in [0.25, 0.3) is 0 Å². The average Bonchev–Trinajstić information content (AvgIpc) is 2.63. The Morgan fingerprint density at radius 1 is 1.53 bits per heavy atom. The van der Waals surface area contributed by atoms with Gasteiger partial charge in [-0.25, -0.2) is 4.68 Å². The molecule has 0 unspecified atom stereocenters. The van der Waals surface area contributed by atoms with Gasteiger partial charge in [-0.15, -0.1) is 5.10 Å². The predicted octanol–water partition coefficient (Wildman–Crippen LogP) is 0.289. The van der Waals surface area contributed by atoms with Crippen LogP contribution in [0, 0.1) is 5.41 Å². The topological polar surface area (TPSA) is 85.8 Å². The van der Waals surface area contributed by atoms with Gasteiger partial charge in [0.1, 0.15) is 6.54 Å². The van der Waals surface area contributed by atoms with Crippen LogP contribution in [-0.2, 0) is 17.9 Å². The summed E-state index contributed by atoms with van der Waals surface area (Å²) < 4.78 is 1.49. The van der Waals surface area contributed by atoms with Gasteiger partial charge >= 0.3 is 0 Å². The van der Waals surface area contributed by atoms with Crippen molar-refractivity contribution in [2.75, 3.05) is 6.54 Å². The predicted molar refractivity (Wildman–Crippen MR) is 65.0 cm³/mol. The molecule has 0 fully saturated rings. The van der Waals surface area contributed by atoms with E-state index >= 15 is 0 Å². The molecular formula is C11H21N5O. The van der Waals surface area contributed by atoms with Gasteiger partial charge in [0, 0.05) is 13.1 Å². The Balaban J connectivity index is 2.30. The Morgan fingerprint density at radius 2 is 2.24 bits per heavy atom. The van der Waals surface area contributed by atoms with Gasteiger partial charge < -0.3 is 11.1 Å². The van der Waals surface area contributed by atoms with Crippen molar-refractivity contribution in [3.05, 3.63) is 11.9 Å². The first-order valence-electron chi connectivity index (χ1n) is 5.76. The number of hydrogen-bond donors (Lipinski definition) is 2. The maximum absolute atomic E-state index is 11.6. The van der Waals surface area contributed by atoms with Crippen LogP contribution in [-0.4, -0.2) is 27.4 Å². The molecule has 96 valence electrons. The molecule has 0 aromatic carbocycles. The van der Waals surface area contributed by atoms with E-state index in [9.17, 15) is 4.79 Å². The number of carbonyl (C=O) groups excluding carboxylic acids is 1. The molecule has 1 aromatic rings. The second kappa shape index (κ2) is 5.77. The fraction of sp³-hybridized carbons (Fsp3) is 0.727. The average molecular weight is 239 g/mol. The normalized spacial score (nSPS) is 11.5. The second-order valence-corrected chi connectivity index (χ2v) is 5.27. The van der Waals surface area contributed by atoms with Gasteiger partial charge in [0.2, 0.25) is 5.91 Å². The first-order chi connectivity index (χ1) is 7.90. The minimum Gasteiger partial charge on any atom is -0.354 e. The molecule has 0 radical (unpaired) electrons. The molecule has 1 heterocycles. The van der Waals surface area contributed by atoms with Crippen molar-refractivity contribution in [1.82, 2.24) is 20.3 Å². The molecule has 17 heavy (non-hydrogen) atoms. The first-order valence-corrected chi connectivity index (χ1v) is 5.76. The smallest absolute Gasteiger partial charge is 0.241 e. The summed E-state index contributed by atoms with van der Waals surface area (Å²) in [6, 6.07) is 0. The molecule has 0 atom stereocenters. The number of hydrogen-bond acceptors (Lipinski definition) is 4. The fourth-order valence-electron chi connectivity index (χ4n) is 1.29. The van der Waals surface area contributed by atoms with Crippen LogP contribution >= 0.6 is 0 Å². The van der Waals surface area contributed by atoms with Crippen molar-refractivity contribution >= 4 is 5.91 Å². The van der Waals surface area contributed by atoms with E-state index in [2.05, 4.69) is 36.4 Å². The SMILES string of the molecule is CC(C)(C)CCNC(=O)Cn1cc(CN)nn1. The Bertz CT molecular complexity index is 366. The number of amides is 1. The van der Waals surface area contributed by atoms with Crippen LogP contribution < -0.4 is 11.1 Å². The van der Waals surface area contributed by atoms with Gasteiger partial charge in [-0.2, -0.15) is 0 Å². The molecule has 0 aliphatic rings. The summed E-state index contributed by atoms with van der Waals surface area (Å²) in [4.78, 5) is 11.6. The van der Waals surface area contributed by atoms with Crippen LogP contribution in [0.2, 0.25) is 0 Å². The zero-order chi connectivity index (χ0) is 12.9. The molecule has 0 saturated carbocycles. The van der Waals surface area contributed by atoms with Crippen molar-refractivity contribution in [3.8, 4) is 0 Å². The summed E-state index contributed by atoms with van der Waals surface area (Å²) >= 11 is 0. The fourth-order valence-corrected chi connectivity index (χ4v) is 1.29. The van der Waals surface area contributed by atoms with Gasteiger partial charge in [-0.3, -0.25) is 4.79 Å². The number of nitrogens with zero attached hydrogens (tertiary/aromatic N) is 3. The highest BCUT2D eigenvalue weighted by molar-refractivity contribution is 5.75. The summed E-state index contributed by atoms with van der Waals surface area (Å²) in [5, 5.41) is 10.5. The van der Waals surface area contributed by atoms with E-state index in [-0.39, 0.29) is 17.9 Å². The first kappa shape index (κ1) is 13.6. The largest absolute Gasteiger partial charge is 0.354 e. The van der Waals surface area contributed by atoms with Crippen LogP contribution in [0.4, 0.5) is 0 Å². The molecule has 6 nitrogen and oxygen atoms in total. The van der Waals surface area contributed by atoms with E-state index in [1.807, 2.05) is 0 Å². The third kappa shape index (κ3) is 5.44. The van der Waals surface area contributed by atoms with Gasteiger partial charge in [0.05, 0.1) is 11.9 Å². The van der Waals surface area contributed by atoms with E-state index in [4.69, 9.17) is 5.73 Å². The molecule has 0 saturated heterocycles. The van der Waals surface area contributed by atoms with Crippen molar-refractivity contribution in [2.24, 2.45) is 11.1 Å². The Labute approximate surface area is 102 Å². The molecule has 0 aliphatic heterocycles. The molecule has 0 aliphatic carbocycles. The lowest BCUT2D eigenvalue weighted by molar-refractivity contribution is -0.121. The molecule has 1 aromatic heterocycles. The van der Waals surface area contributed by atoms with E-state index in [1.54, 1.807) is 6.20 Å². The van der Waals surface area contributed by atoms with E-state index in [0.717, 1.165) is 6.42 Å². The zero-order valence-corrected chi connectivity index (χ0v) is 10.7. The zero-order valence-electron chi connectivity index (χ0n) is 10.7. The molecule has 3 N–H and O–H groups in total. The monoisotopic (exact) mass is 239 g/mol. The summed E-state index contributed by atoms with van der Waals surface area (Å²) in [5.74, 6) is -0.0530. The van der Waals surface area contributed by atoms with Crippen LogP contribution in [0.3, 0.4) is 0 Å². The summed E-state index contributed by atoms with van der Waals surface area (Å²) in [6.07, 6.45) is 2.63. The Morgan fingerprint density at radius 3 is 2.76 bits per heavy atom. The van der Waals surface area contributed by atoms with E-state index < -0.39 is 0 Å². The maximum atomic E-state index is 11.6. The summed E-state index contributed by atoms with van der Waals surface area (Å²) in [5.41, 5.74) is 6.32. The Hall–Kier alpha value is -1.43. The molecule has 6 heteroatoms. The number of nitrogens with two attached hydrogens (primary N) is 1. The van der Waals surface area contributed by atoms with Gasteiger partial charge in [0.25, 0.3) is 0 Å². The standard InChI is InChI=1S/C11H21N5O/c1-11(2,3)4-5-13-10(17)8-16-7-9(6-12)14-15-16/h7H,4-6,8,12H2,1-3H3,(H,13,17). The number of aromatic nitrogens is 3. The summed E-state index contributed by atoms with van der Waals surface area (Å²) in [7, 11) is 0. The lowest BCUT2D eigenvalue weighted by Crippen LogP contribution is -2.30. The van der Waals surface area contributed by atoms with E-state index in [0.29, 0.717) is 18.8 Å². The van der Waals surface area contributed by atoms with Crippen LogP contribution in [0.5, 0.6) is 0 Å². The van der Waals surface area contributed by atoms with Gasteiger partial charge in [0.15, 0.2) is 0 Å². The maximum Gasteiger partial charge on any atom is 0.241 e. The van der Waals surface area contributed by atoms with Crippen molar-refractivity contribution in [3.63, 3.8) is 0 Å². The highest BCUT2D eigenvalue weighted by atomic mass is 16.2. The molecule has 0 spiro atoms. The molecule has 0 bridgehead atoms. The molecule has 1 amide bonds. The third-order valence-electron chi connectivity index (χ3n) is 2.30. The highest BCUT2D eigenvalue weighted by Crippen LogP contribution is 2.16. The van der Waals surface area contributed by atoms with Crippen molar-refractivity contribution < 1.29 is 4.79 Å². The molecular weight excluding hydrogens is 218 g/mol. The minimum absolute atomic E-state index is 0.0530. The van der Waals surface area contributed by atoms with Crippen molar-refractivity contribution in [2.45, 2.75) is 40.3 Å². The number of rotatable bonds is 5. The van der Waals surface area contributed by atoms with Gasteiger partial charge in [-0.1, -0.05) is 26.0 Å². The van der Waals surface area contributed by atoms with E-state index in [1.165, 1.54) is 4.68 Å². The summed E-state index contributed by atoms with van der Waals surface area (Å²) in [6.45, 7) is 7.64. The third-order valence-corrected chi connectivity index (χ3v) is 2.30. The Kier molecular flexibility index (Phi) is 4.62. The number of carbonyl (C=O) groups is 1. The quantitative estimate of drug-likeness (QED) is 0.773. The minimum atomic E-state index is -0.0530. The van der Waals surface area contributed by atoms with Gasteiger partial charge in [-0.05, 0) is 11.8 Å². The highest BCUT2D eigenvalue weighted by Gasteiger charge is 2.11. The molecule has 1 rings (SSSR count). The van der Waals surface area contributed by atoms with Crippen LogP contribution in [0.15, 0.2) is 6.20 Å².